The molecular weight excluding hydrogens is 493 g/mol. The van der Waals surface area contributed by atoms with E-state index in [-0.39, 0.29) is 24.7 Å². The Kier molecular flexibility index (Phi) is 7.51. The summed E-state index contributed by atoms with van der Waals surface area (Å²) < 4.78 is 66.8. The number of aromatic nitrogens is 1. The Bertz CT molecular complexity index is 1380. The standard InChI is InChI=1S/C25H27F3N4O3S/c1-2-36(34,35)32-12-6-8-19(17-32)24(33)30-29-14-20-16-31(23-11-4-3-10-22(20)23)15-18-7-5-9-21(13-18)25(26,27)28/h3-5,7,9-11,13-14,16,19H,2,6,8,12,15,17H2,1H3,(H,30,33). The van der Waals surface area contributed by atoms with Crippen LogP contribution < -0.4 is 5.43 Å². The monoisotopic (exact) mass is 520 g/mol. The van der Waals surface area contributed by atoms with Crippen molar-refractivity contribution in [1.29, 1.82) is 0 Å². The molecule has 0 radical (unpaired) electrons. The summed E-state index contributed by atoms with van der Waals surface area (Å²) in [4.78, 5) is 12.6. The number of carbonyl (C=O) groups excluding carboxylic acids is 1. The van der Waals surface area contributed by atoms with Crippen LogP contribution in [0.5, 0.6) is 0 Å². The Morgan fingerprint density at radius 3 is 2.72 bits per heavy atom. The second-order valence-corrected chi connectivity index (χ2v) is 11.0. The fourth-order valence-corrected chi connectivity index (χ4v) is 5.58. The van der Waals surface area contributed by atoms with Crippen molar-refractivity contribution in [1.82, 2.24) is 14.3 Å². The Hall–Kier alpha value is -3.18. The number of carbonyl (C=O) groups is 1. The van der Waals surface area contributed by atoms with Crippen molar-refractivity contribution in [2.45, 2.75) is 32.5 Å². The summed E-state index contributed by atoms with van der Waals surface area (Å²) in [5, 5.41) is 4.92. The molecule has 0 saturated carbocycles. The number of amides is 1. The van der Waals surface area contributed by atoms with Gasteiger partial charge in [0, 0.05) is 42.3 Å². The summed E-state index contributed by atoms with van der Waals surface area (Å²) in [6.07, 6.45) is 0.0291. The van der Waals surface area contributed by atoms with E-state index in [1.54, 1.807) is 19.2 Å². The normalized spacial score (nSPS) is 17.6. The number of sulfonamides is 1. The van der Waals surface area contributed by atoms with Gasteiger partial charge in [0.2, 0.25) is 15.9 Å². The van der Waals surface area contributed by atoms with Crippen LogP contribution in [0.15, 0.2) is 59.8 Å². The first kappa shape index (κ1) is 25.9. The van der Waals surface area contributed by atoms with E-state index in [0.29, 0.717) is 30.5 Å². The molecule has 36 heavy (non-hydrogen) atoms. The molecule has 7 nitrogen and oxygen atoms in total. The quantitative estimate of drug-likeness (QED) is 0.374. The van der Waals surface area contributed by atoms with Crippen molar-refractivity contribution in [2.75, 3.05) is 18.8 Å². The van der Waals surface area contributed by atoms with Crippen molar-refractivity contribution in [2.24, 2.45) is 11.0 Å². The summed E-state index contributed by atoms with van der Waals surface area (Å²) in [7, 11) is -3.36. The summed E-state index contributed by atoms with van der Waals surface area (Å²) in [5.74, 6) is -0.848. The highest BCUT2D eigenvalue weighted by Gasteiger charge is 2.32. The fourth-order valence-electron chi connectivity index (χ4n) is 4.40. The molecule has 1 fully saturated rings. The number of hydrazone groups is 1. The second-order valence-electron chi connectivity index (χ2n) is 8.76. The summed E-state index contributed by atoms with van der Waals surface area (Å²) >= 11 is 0. The predicted molar refractivity (Wildman–Crippen MR) is 132 cm³/mol. The van der Waals surface area contributed by atoms with Gasteiger partial charge in [0.25, 0.3) is 0 Å². The lowest BCUT2D eigenvalue weighted by Gasteiger charge is -2.30. The zero-order valence-electron chi connectivity index (χ0n) is 19.7. The molecule has 192 valence electrons. The highest BCUT2D eigenvalue weighted by Crippen LogP contribution is 2.30. The SMILES string of the molecule is CCS(=O)(=O)N1CCCC(C(=O)NN=Cc2cn(Cc3cccc(C(F)(F)F)c3)c3ccccc23)C1. The first-order chi connectivity index (χ1) is 17.1. The third kappa shape index (κ3) is 5.79. The molecule has 1 atom stereocenters. The van der Waals surface area contributed by atoms with Gasteiger partial charge in [0.1, 0.15) is 0 Å². The van der Waals surface area contributed by atoms with Crippen LogP contribution in [0, 0.1) is 5.92 Å². The highest BCUT2D eigenvalue weighted by atomic mass is 32.2. The lowest BCUT2D eigenvalue weighted by atomic mass is 9.99. The molecule has 3 aromatic rings. The van der Waals surface area contributed by atoms with Gasteiger partial charge in [-0.1, -0.05) is 30.3 Å². The Labute approximate surface area is 207 Å². The zero-order chi connectivity index (χ0) is 25.9. The molecule has 4 rings (SSSR count). The lowest BCUT2D eigenvalue weighted by Crippen LogP contribution is -2.45. The van der Waals surface area contributed by atoms with Crippen molar-refractivity contribution < 1.29 is 26.4 Å². The van der Waals surface area contributed by atoms with Crippen molar-refractivity contribution in [3.63, 3.8) is 0 Å². The average molecular weight is 521 g/mol. The molecule has 0 bridgehead atoms. The number of para-hydroxylation sites is 1. The number of nitrogens with zero attached hydrogens (tertiary/aromatic N) is 3. The van der Waals surface area contributed by atoms with Crippen molar-refractivity contribution in [3.05, 3.63) is 71.4 Å². The number of alkyl halides is 3. The zero-order valence-corrected chi connectivity index (χ0v) is 20.5. The van der Waals surface area contributed by atoms with E-state index in [1.807, 2.05) is 28.8 Å². The second kappa shape index (κ2) is 10.4. The van der Waals surface area contributed by atoms with Crippen LogP contribution in [0.2, 0.25) is 0 Å². The Balaban J connectivity index is 1.49. The van der Waals surface area contributed by atoms with Gasteiger partial charge in [-0.15, -0.1) is 0 Å². The van der Waals surface area contributed by atoms with Gasteiger partial charge in [0.15, 0.2) is 0 Å². The number of benzene rings is 2. The summed E-state index contributed by atoms with van der Waals surface area (Å²) in [6.45, 7) is 2.35. The summed E-state index contributed by atoms with van der Waals surface area (Å²) in [6, 6.07) is 12.6. The molecule has 0 spiro atoms. The molecule has 1 aliphatic rings. The molecule has 2 aromatic carbocycles. The van der Waals surface area contributed by atoms with Crippen molar-refractivity contribution >= 4 is 33.0 Å². The number of piperidine rings is 1. The van der Waals surface area contributed by atoms with E-state index >= 15 is 0 Å². The van der Waals surface area contributed by atoms with Gasteiger partial charge in [-0.25, -0.2) is 18.1 Å². The molecule has 1 amide bonds. The van der Waals surface area contributed by atoms with Crippen LogP contribution in [0.3, 0.4) is 0 Å². The van der Waals surface area contributed by atoms with Crippen LogP contribution in [-0.2, 0) is 27.5 Å². The molecular formula is C25H27F3N4O3S. The topological polar surface area (TPSA) is 83.8 Å². The van der Waals surface area contributed by atoms with Crippen LogP contribution in [0.1, 0.15) is 36.5 Å². The van der Waals surface area contributed by atoms with Gasteiger partial charge in [-0.05, 0) is 43.5 Å². The number of hydrogen-bond acceptors (Lipinski definition) is 4. The van der Waals surface area contributed by atoms with Crippen LogP contribution in [-0.4, -0.2) is 48.3 Å². The van der Waals surface area contributed by atoms with E-state index in [0.717, 1.165) is 23.0 Å². The molecule has 1 aromatic heterocycles. The number of hydrogen-bond donors (Lipinski definition) is 1. The van der Waals surface area contributed by atoms with Crippen molar-refractivity contribution in [3.8, 4) is 0 Å². The predicted octanol–water partition coefficient (Wildman–Crippen LogP) is 4.22. The Morgan fingerprint density at radius 1 is 1.19 bits per heavy atom. The minimum absolute atomic E-state index is 0.00987. The van der Waals surface area contributed by atoms with Crippen LogP contribution in [0.25, 0.3) is 10.9 Å². The smallest absolute Gasteiger partial charge is 0.342 e. The molecule has 11 heteroatoms. The highest BCUT2D eigenvalue weighted by molar-refractivity contribution is 7.89. The van der Waals surface area contributed by atoms with E-state index in [9.17, 15) is 26.4 Å². The van der Waals surface area contributed by atoms with Crippen LogP contribution in [0.4, 0.5) is 13.2 Å². The van der Waals surface area contributed by atoms with E-state index in [4.69, 9.17) is 0 Å². The minimum Gasteiger partial charge on any atom is -0.342 e. The van der Waals surface area contributed by atoms with Gasteiger partial charge in [-0.2, -0.15) is 18.3 Å². The first-order valence-electron chi connectivity index (χ1n) is 11.6. The molecule has 1 N–H and O–H groups in total. The number of fused-ring (bicyclic) bond motifs is 1. The molecule has 2 heterocycles. The minimum atomic E-state index is -4.42. The third-order valence-corrected chi connectivity index (χ3v) is 8.17. The first-order valence-corrected chi connectivity index (χ1v) is 13.2. The number of rotatable bonds is 7. The maximum atomic E-state index is 13.1. The maximum absolute atomic E-state index is 13.1. The number of nitrogens with one attached hydrogen (secondary N) is 1. The molecule has 1 unspecified atom stereocenters. The maximum Gasteiger partial charge on any atom is 0.416 e. The Morgan fingerprint density at radius 2 is 1.97 bits per heavy atom. The largest absolute Gasteiger partial charge is 0.416 e. The van der Waals surface area contributed by atoms with Gasteiger partial charge < -0.3 is 4.57 Å². The molecule has 0 aliphatic carbocycles. The fraction of sp³-hybridized carbons (Fsp3) is 0.360. The van der Waals surface area contributed by atoms with E-state index < -0.39 is 27.7 Å². The van der Waals surface area contributed by atoms with E-state index in [1.165, 1.54) is 16.6 Å². The lowest BCUT2D eigenvalue weighted by molar-refractivity contribution is -0.137. The number of halogens is 3. The average Bonchev–Trinajstić information content (AvgIpc) is 3.21. The van der Waals surface area contributed by atoms with Gasteiger partial charge in [0.05, 0.1) is 23.4 Å². The molecule has 1 saturated heterocycles. The van der Waals surface area contributed by atoms with Crippen LogP contribution >= 0.6 is 0 Å². The van der Waals surface area contributed by atoms with E-state index in [2.05, 4.69) is 10.5 Å². The van der Waals surface area contributed by atoms with Gasteiger partial charge in [-0.3, -0.25) is 4.79 Å². The third-order valence-electron chi connectivity index (χ3n) is 6.32. The van der Waals surface area contributed by atoms with Gasteiger partial charge >= 0.3 is 6.18 Å². The molecule has 1 aliphatic heterocycles. The summed E-state index contributed by atoms with van der Waals surface area (Å²) in [5.41, 5.74) is 3.83.